The van der Waals surface area contributed by atoms with Gasteiger partial charge in [0.05, 0.1) is 31.8 Å². The molecule has 0 aromatic heterocycles. The van der Waals surface area contributed by atoms with E-state index in [1.807, 2.05) is 0 Å². The Kier molecular flexibility index (Phi) is 16.1. The molecule has 0 N–H and O–H groups in total. The number of rotatable bonds is 8. The summed E-state index contributed by atoms with van der Waals surface area (Å²) in [6.07, 6.45) is 0. The van der Waals surface area contributed by atoms with Crippen molar-refractivity contribution in [1.29, 1.82) is 0 Å². The Balaban J connectivity index is -0.000000720. The molecule has 0 amide bonds. The summed E-state index contributed by atoms with van der Waals surface area (Å²) in [5.74, 6) is 0. The average molecular weight is 224 g/mol. The lowest BCUT2D eigenvalue weighted by atomic mass is 9.92. The smallest absolute Gasteiger partial charge is 0.0637 e. The van der Waals surface area contributed by atoms with Gasteiger partial charge in [0, 0.05) is 28.4 Å². The maximum atomic E-state index is 5.12. The van der Waals surface area contributed by atoms with Crippen molar-refractivity contribution >= 4 is 0 Å². The van der Waals surface area contributed by atoms with Crippen LogP contribution in [0.4, 0.5) is 0 Å². The molecule has 0 aromatic carbocycles. The van der Waals surface area contributed by atoms with Crippen molar-refractivity contribution in [3.8, 4) is 0 Å². The normalized spacial score (nSPS) is 10.4. The van der Waals surface area contributed by atoms with Gasteiger partial charge in [-0.1, -0.05) is 14.9 Å². The van der Waals surface area contributed by atoms with E-state index in [1.54, 1.807) is 28.4 Å². The molecule has 0 aromatic rings. The standard InChI is InChI=1S/C9H20O4.2CH4/c1-10-5-9(6-11-2,7-12-3)8-13-4;;/h5-8H2,1-4H3;2*1H4. The Morgan fingerprint density at radius 2 is 0.800 bits per heavy atom. The van der Waals surface area contributed by atoms with Crippen LogP contribution in [0.25, 0.3) is 0 Å². The highest BCUT2D eigenvalue weighted by molar-refractivity contribution is 4.78. The highest BCUT2D eigenvalue weighted by atomic mass is 16.5. The lowest BCUT2D eigenvalue weighted by Gasteiger charge is -2.30. The summed E-state index contributed by atoms with van der Waals surface area (Å²) < 4.78 is 20.5. The molecule has 0 aliphatic carbocycles. The third-order valence-electron chi connectivity index (χ3n) is 1.80. The lowest BCUT2D eigenvalue weighted by Crippen LogP contribution is -2.40. The van der Waals surface area contributed by atoms with Crippen LogP contribution < -0.4 is 0 Å². The molecule has 0 spiro atoms. The largest absolute Gasteiger partial charge is 0.384 e. The maximum absolute atomic E-state index is 5.12. The zero-order valence-corrected chi connectivity index (χ0v) is 8.96. The molecule has 0 saturated heterocycles. The van der Waals surface area contributed by atoms with Crippen LogP contribution in [0.5, 0.6) is 0 Å². The van der Waals surface area contributed by atoms with Gasteiger partial charge in [0.15, 0.2) is 0 Å². The van der Waals surface area contributed by atoms with Gasteiger partial charge in [-0.25, -0.2) is 0 Å². The first-order valence-corrected chi connectivity index (χ1v) is 4.20. The van der Waals surface area contributed by atoms with Crippen LogP contribution in [0.15, 0.2) is 0 Å². The molecule has 0 unspecified atom stereocenters. The summed E-state index contributed by atoms with van der Waals surface area (Å²) in [7, 11) is 6.65. The molecule has 15 heavy (non-hydrogen) atoms. The molecule has 0 fully saturated rings. The van der Waals surface area contributed by atoms with Crippen LogP contribution in [0.1, 0.15) is 14.9 Å². The van der Waals surface area contributed by atoms with E-state index < -0.39 is 0 Å². The quantitative estimate of drug-likeness (QED) is 0.630. The van der Waals surface area contributed by atoms with Crippen molar-refractivity contribution in [2.45, 2.75) is 14.9 Å². The summed E-state index contributed by atoms with van der Waals surface area (Å²) in [5, 5.41) is 0. The van der Waals surface area contributed by atoms with Crippen molar-refractivity contribution in [1.82, 2.24) is 0 Å². The summed E-state index contributed by atoms with van der Waals surface area (Å²) >= 11 is 0. The minimum atomic E-state index is -0.188. The van der Waals surface area contributed by atoms with Crippen LogP contribution in [0.2, 0.25) is 0 Å². The van der Waals surface area contributed by atoms with Crippen molar-refractivity contribution < 1.29 is 18.9 Å². The molecule has 0 saturated carbocycles. The Morgan fingerprint density at radius 1 is 0.600 bits per heavy atom. The molecule has 0 heterocycles. The van der Waals surface area contributed by atoms with Gasteiger partial charge in [-0.15, -0.1) is 0 Å². The van der Waals surface area contributed by atoms with E-state index in [1.165, 1.54) is 0 Å². The molecule has 0 rings (SSSR count). The van der Waals surface area contributed by atoms with E-state index in [0.717, 1.165) is 0 Å². The predicted molar refractivity (Wildman–Crippen MR) is 63.4 cm³/mol. The van der Waals surface area contributed by atoms with Crippen LogP contribution in [0, 0.1) is 5.41 Å². The van der Waals surface area contributed by atoms with Gasteiger partial charge in [0.2, 0.25) is 0 Å². The second kappa shape index (κ2) is 11.9. The molecule has 0 radical (unpaired) electrons. The summed E-state index contributed by atoms with van der Waals surface area (Å²) in [4.78, 5) is 0. The fourth-order valence-electron chi connectivity index (χ4n) is 1.47. The van der Waals surface area contributed by atoms with E-state index in [9.17, 15) is 0 Å². The second-order valence-corrected chi connectivity index (χ2v) is 3.23. The van der Waals surface area contributed by atoms with Gasteiger partial charge in [0.25, 0.3) is 0 Å². The van der Waals surface area contributed by atoms with E-state index in [4.69, 9.17) is 18.9 Å². The molecule has 96 valence electrons. The first-order chi connectivity index (χ1) is 6.24. The van der Waals surface area contributed by atoms with Crippen LogP contribution in [0.3, 0.4) is 0 Å². The van der Waals surface area contributed by atoms with Crippen molar-refractivity contribution in [2.75, 3.05) is 54.9 Å². The third kappa shape index (κ3) is 7.73. The molecule has 4 heteroatoms. The van der Waals surface area contributed by atoms with Gasteiger partial charge < -0.3 is 18.9 Å². The maximum Gasteiger partial charge on any atom is 0.0637 e. The molecular weight excluding hydrogens is 196 g/mol. The molecule has 0 bridgehead atoms. The monoisotopic (exact) mass is 224 g/mol. The molecular formula is C11H28O4. The average Bonchev–Trinajstić information content (AvgIpc) is 2.06. The van der Waals surface area contributed by atoms with E-state index in [2.05, 4.69) is 0 Å². The Morgan fingerprint density at radius 3 is 0.933 bits per heavy atom. The van der Waals surface area contributed by atoms with Crippen molar-refractivity contribution in [2.24, 2.45) is 5.41 Å². The van der Waals surface area contributed by atoms with E-state index in [0.29, 0.717) is 26.4 Å². The van der Waals surface area contributed by atoms with Gasteiger partial charge in [-0.2, -0.15) is 0 Å². The second-order valence-electron chi connectivity index (χ2n) is 3.23. The van der Waals surface area contributed by atoms with Gasteiger partial charge >= 0.3 is 0 Å². The first-order valence-electron chi connectivity index (χ1n) is 4.20. The number of hydrogen-bond acceptors (Lipinski definition) is 4. The number of methoxy groups -OCH3 is 4. The Bertz CT molecular complexity index is 87.6. The third-order valence-corrected chi connectivity index (χ3v) is 1.80. The first kappa shape index (κ1) is 20.3. The fourth-order valence-corrected chi connectivity index (χ4v) is 1.47. The Labute approximate surface area is 94.9 Å². The zero-order chi connectivity index (χ0) is 10.2. The van der Waals surface area contributed by atoms with Crippen LogP contribution >= 0.6 is 0 Å². The van der Waals surface area contributed by atoms with E-state index in [-0.39, 0.29) is 20.3 Å². The minimum absolute atomic E-state index is 0. The molecule has 0 aliphatic rings. The highest BCUT2D eigenvalue weighted by Gasteiger charge is 2.30. The van der Waals surface area contributed by atoms with Gasteiger partial charge in [-0.3, -0.25) is 0 Å². The molecule has 0 aliphatic heterocycles. The Hall–Kier alpha value is -0.160. The van der Waals surface area contributed by atoms with Gasteiger partial charge in [0.1, 0.15) is 0 Å². The fraction of sp³-hybridized carbons (Fsp3) is 1.00. The van der Waals surface area contributed by atoms with Crippen molar-refractivity contribution in [3.05, 3.63) is 0 Å². The molecule has 4 nitrogen and oxygen atoms in total. The van der Waals surface area contributed by atoms with E-state index >= 15 is 0 Å². The summed E-state index contributed by atoms with van der Waals surface area (Å²) in [6, 6.07) is 0. The predicted octanol–water partition coefficient (Wildman–Crippen LogP) is 1.83. The topological polar surface area (TPSA) is 36.9 Å². The number of hydrogen-bond donors (Lipinski definition) is 0. The zero-order valence-electron chi connectivity index (χ0n) is 8.96. The van der Waals surface area contributed by atoms with Crippen LogP contribution in [-0.2, 0) is 18.9 Å². The summed E-state index contributed by atoms with van der Waals surface area (Å²) in [6.45, 7) is 2.29. The number of ether oxygens (including phenoxy) is 4. The SMILES string of the molecule is C.C.COCC(COC)(COC)COC. The lowest BCUT2D eigenvalue weighted by molar-refractivity contribution is -0.0760. The highest BCUT2D eigenvalue weighted by Crippen LogP contribution is 2.19. The van der Waals surface area contributed by atoms with Crippen LogP contribution in [-0.4, -0.2) is 54.9 Å². The minimum Gasteiger partial charge on any atom is -0.384 e. The van der Waals surface area contributed by atoms with Crippen molar-refractivity contribution in [3.63, 3.8) is 0 Å². The van der Waals surface area contributed by atoms with Gasteiger partial charge in [-0.05, 0) is 0 Å². The molecule has 0 atom stereocenters. The summed E-state index contributed by atoms with van der Waals surface area (Å²) in [5.41, 5.74) is -0.188.